The van der Waals surface area contributed by atoms with E-state index in [1.54, 1.807) is 41.3 Å². The van der Waals surface area contributed by atoms with Gasteiger partial charge in [0.25, 0.3) is 0 Å². The first-order valence-corrected chi connectivity index (χ1v) is 11.4. The number of amides is 2. The zero-order valence-corrected chi connectivity index (χ0v) is 17.9. The standard InChI is InChI=1S/C22H26N2O5S/c1-16(25)23-18-5-3-17(4-6-18)15-22(26)24-13-11-21(12-14-24)30(27,28)20-9-7-19(29-2)8-10-20/h3-10,21H,11-15H2,1-2H3,(H,23,25). The van der Waals surface area contributed by atoms with Gasteiger partial charge in [0, 0.05) is 25.7 Å². The number of nitrogens with zero attached hydrogens (tertiary/aromatic N) is 1. The van der Waals surface area contributed by atoms with Crippen LogP contribution in [0, 0.1) is 0 Å². The van der Waals surface area contributed by atoms with E-state index >= 15 is 0 Å². The Bertz CT molecular complexity index is 993. The number of hydrogen-bond donors (Lipinski definition) is 1. The molecular formula is C22H26N2O5S. The predicted octanol–water partition coefficient (Wildman–Crippen LogP) is 2.66. The smallest absolute Gasteiger partial charge is 0.226 e. The van der Waals surface area contributed by atoms with E-state index in [1.165, 1.54) is 14.0 Å². The zero-order chi connectivity index (χ0) is 21.7. The van der Waals surface area contributed by atoms with Crippen molar-refractivity contribution in [2.24, 2.45) is 0 Å². The minimum absolute atomic E-state index is 0.0254. The highest BCUT2D eigenvalue weighted by Gasteiger charge is 2.32. The van der Waals surface area contributed by atoms with E-state index in [4.69, 9.17) is 4.74 Å². The Labute approximate surface area is 177 Å². The van der Waals surface area contributed by atoms with E-state index in [9.17, 15) is 18.0 Å². The summed E-state index contributed by atoms with van der Waals surface area (Å²) in [5.41, 5.74) is 1.53. The number of ether oxygens (including phenoxy) is 1. The maximum absolute atomic E-state index is 12.9. The summed E-state index contributed by atoms with van der Waals surface area (Å²) in [6, 6.07) is 13.6. The molecule has 0 bridgehead atoms. The third-order valence-corrected chi connectivity index (χ3v) is 7.53. The SMILES string of the molecule is COc1ccc(S(=O)(=O)C2CCN(C(=O)Cc3ccc(NC(C)=O)cc3)CC2)cc1. The molecule has 1 N–H and O–H groups in total. The molecule has 1 aliphatic heterocycles. The van der Waals surface area contributed by atoms with Crippen molar-refractivity contribution >= 4 is 27.3 Å². The van der Waals surface area contributed by atoms with Crippen LogP contribution < -0.4 is 10.1 Å². The summed E-state index contributed by atoms with van der Waals surface area (Å²) in [5, 5.41) is 2.20. The summed E-state index contributed by atoms with van der Waals surface area (Å²) >= 11 is 0. The minimum atomic E-state index is -3.44. The van der Waals surface area contributed by atoms with Gasteiger partial charge >= 0.3 is 0 Å². The summed E-state index contributed by atoms with van der Waals surface area (Å²) in [5.74, 6) is 0.438. The van der Waals surface area contributed by atoms with Gasteiger partial charge in [-0.3, -0.25) is 9.59 Å². The Morgan fingerprint density at radius 3 is 2.17 bits per heavy atom. The van der Waals surface area contributed by atoms with Crippen molar-refractivity contribution in [3.8, 4) is 5.75 Å². The number of benzene rings is 2. The monoisotopic (exact) mass is 430 g/mol. The first-order chi connectivity index (χ1) is 14.3. The normalized spacial score (nSPS) is 14.9. The first-order valence-electron chi connectivity index (χ1n) is 9.82. The molecular weight excluding hydrogens is 404 g/mol. The van der Waals surface area contributed by atoms with Crippen molar-refractivity contribution in [3.05, 3.63) is 54.1 Å². The second-order valence-corrected chi connectivity index (χ2v) is 9.58. The Balaban J connectivity index is 1.56. The number of nitrogens with one attached hydrogen (secondary N) is 1. The van der Waals surface area contributed by atoms with E-state index in [1.807, 2.05) is 12.1 Å². The third-order valence-electron chi connectivity index (χ3n) is 5.25. The van der Waals surface area contributed by atoms with E-state index in [0.29, 0.717) is 37.4 Å². The van der Waals surface area contributed by atoms with Crippen molar-refractivity contribution in [2.45, 2.75) is 36.3 Å². The van der Waals surface area contributed by atoms with Crippen LogP contribution in [-0.2, 0) is 25.8 Å². The topological polar surface area (TPSA) is 92.8 Å². The van der Waals surface area contributed by atoms with Crippen LogP contribution in [0.4, 0.5) is 5.69 Å². The van der Waals surface area contributed by atoms with Crippen LogP contribution in [0.25, 0.3) is 0 Å². The Morgan fingerprint density at radius 2 is 1.63 bits per heavy atom. The summed E-state index contributed by atoms with van der Waals surface area (Å²) in [7, 11) is -1.90. The average Bonchev–Trinajstić information content (AvgIpc) is 2.75. The molecule has 0 aliphatic carbocycles. The largest absolute Gasteiger partial charge is 0.497 e. The summed E-state index contributed by atoms with van der Waals surface area (Å²) in [4.78, 5) is 25.7. The molecule has 0 spiro atoms. The van der Waals surface area contributed by atoms with Crippen LogP contribution in [0.1, 0.15) is 25.3 Å². The molecule has 3 rings (SSSR count). The lowest BCUT2D eigenvalue weighted by Gasteiger charge is -2.32. The molecule has 0 unspecified atom stereocenters. The fraction of sp³-hybridized carbons (Fsp3) is 0.364. The zero-order valence-electron chi connectivity index (χ0n) is 17.1. The number of carbonyl (C=O) groups excluding carboxylic acids is 2. The van der Waals surface area contributed by atoms with Gasteiger partial charge in [-0.15, -0.1) is 0 Å². The molecule has 0 aromatic heterocycles. The number of methoxy groups -OCH3 is 1. The second-order valence-electron chi connectivity index (χ2n) is 7.36. The number of carbonyl (C=O) groups is 2. The molecule has 7 nitrogen and oxygen atoms in total. The van der Waals surface area contributed by atoms with Crippen LogP contribution in [0.15, 0.2) is 53.4 Å². The molecule has 2 amide bonds. The van der Waals surface area contributed by atoms with Gasteiger partial charge in [0.2, 0.25) is 11.8 Å². The maximum atomic E-state index is 12.9. The van der Waals surface area contributed by atoms with Crippen molar-refractivity contribution < 1.29 is 22.7 Å². The lowest BCUT2D eigenvalue weighted by molar-refractivity contribution is -0.131. The highest BCUT2D eigenvalue weighted by molar-refractivity contribution is 7.92. The van der Waals surface area contributed by atoms with Crippen LogP contribution in [0.5, 0.6) is 5.75 Å². The predicted molar refractivity (Wildman–Crippen MR) is 114 cm³/mol. The molecule has 160 valence electrons. The van der Waals surface area contributed by atoms with Crippen LogP contribution in [0.3, 0.4) is 0 Å². The van der Waals surface area contributed by atoms with Crippen molar-refractivity contribution in [3.63, 3.8) is 0 Å². The Kier molecular flexibility index (Phi) is 6.77. The van der Waals surface area contributed by atoms with Crippen molar-refractivity contribution in [1.82, 2.24) is 4.90 Å². The number of likely N-dealkylation sites (tertiary alicyclic amines) is 1. The Morgan fingerprint density at radius 1 is 1.03 bits per heavy atom. The van der Waals surface area contributed by atoms with Gasteiger partial charge in [-0.25, -0.2) is 8.42 Å². The second kappa shape index (κ2) is 9.30. The lowest BCUT2D eigenvalue weighted by Crippen LogP contribution is -2.43. The summed E-state index contributed by atoms with van der Waals surface area (Å²) in [6.45, 7) is 2.28. The van der Waals surface area contributed by atoms with Crippen LogP contribution in [-0.4, -0.2) is 50.6 Å². The van der Waals surface area contributed by atoms with Gasteiger partial charge in [-0.05, 0) is 54.8 Å². The highest BCUT2D eigenvalue weighted by atomic mass is 32.2. The number of hydrogen-bond acceptors (Lipinski definition) is 5. The number of rotatable bonds is 6. The van der Waals surface area contributed by atoms with Gasteiger partial charge < -0.3 is 15.0 Å². The molecule has 30 heavy (non-hydrogen) atoms. The first kappa shape index (κ1) is 21.8. The summed E-state index contributed by atoms with van der Waals surface area (Å²) in [6.07, 6.45) is 1.08. The van der Waals surface area contributed by atoms with Gasteiger partial charge in [-0.1, -0.05) is 12.1 Å². The van der Waals surface area contributed by atoms with E-state index in [-0.39, 0.29) is 23.1 Å². The van der Waals surface area contributed by atoms with Gasteiger partial charge in [-0.2, -0.15) is 0 Å². The average molecular weight is 431 g/mol. The number of piperidine rings is 1. The molecule has 2 aromatic carbocycles. The maximum Gasteiger partial charge on any atom is 0.226 e. The number of anilines is 1. The third kappa shape index (κ3) is 5.18. The van der Waals surface area contributed by atoms with E-state index < -0.39 is 15.1 Å². The van der Waals surface area contributed by atoms with Gasteiger partial charge in [0.05, 0.1) is 23.7 Å². The lowest BCUT2D eigenvalue weighted by atomic mass is 10.1. The molecule has 1 fully saturated rings. The van der Waals surface area contributed by atoms with Crippen LogP contribution in [0.2, 0.25) is 0 Å². The fourth-order valence-electron chi connectivity index (χ4n) is 3.57. The molecule has 8 heteroatoms. The molecule has 1 heterocycles. The highest BCUT2D eigenvalue weighted by Crippen LogP contribution is 2.26. The molecule has 0 atom stereocenters. The van der Waals surface area contributed by atoms with Gasteiger partial charge in [0.15, 0.2) is 9.84 Å². The molecule has 1 aliphatic rings. The quantitative estimate of drug-likeness (QED) is 0.761. The van der Waals surface area contributed by atoms with E-state index in [0.717, 1.165) is 5.56 Å². The minimum Gasteiger partial charge on any atom is -0.497 e. The van der Waals surface area contributed by atoms with Gasteiger partial charge in [0.1, 0.15) is 5.75 Å². The molecule has 0 saturated carbocycles. The molecule has 0 radical (unpaired) electrons. The number of sulfone groups is 1. The van der Waals surface area contributed by atoms with Crippen LogP contribution >= 0.6 is 0 Å². The molecule has 1 saturated heterocycles. The van der Waals surface area contributed by atoms with Crippen molar-refractivity contribution in [1.29, 1.82) is 0 Å². The molecule has 2 aromatic rings. The fourth-order valence-corrected chi connectivity index (χ4v) is 5.30. The Hall–Kier alpha value is -2.87. The summed E-state index contributed by atoms with van der Waals surface area (Å²) < 4.78 is 30.9. The van der Waals surface area contributed by atoms with Crippen molar-refractivity contribution in [2.75, 3.05) is 25.5 Å². The van der Waals surface area contributed by atoms with E-state index in [2.05, 4.69) is 5.32 Å².